The number of anilines is 1. The van der Waals surface area contributed by atoms with Crippen molar-refractivity contribution < 1.29 is 9.84 Å². The molecule has 3 heterocycles. The molecule has 1 N–H and O–H groups in total. The molecule has 0 aromatic carbocycles. The van der Waals surface area contributed by atoms with Crippen LogP contribution in [0.2, 0.25) is 0 Å². The fraction of sp³-hybridized carbons (Fsp3) is 0.467. The van der Waals surface area contributed by atoms with E-state index < -0.39 is 6.10 Å². The Hall–Kier alpha value is -1.92. The fourth-order valence-corrected chi connectivity index (χ4v) is 2.62. The van der Waals surface area contributed by atoms with E-state index in [0.29, 0.717) is 30.2 Å². The fourth-order valence-electron chi connectivity index (χ4n) is 2.62. The molecular formula is C15H19N3O3. The molecule has 2 aromatic rings. The predicted molar refractivity (Wildman–Crippen MR) is 79.9 cm³/mol. The average molecular weight is 289 g/mol. The summed E-state index contributed by atoms with van der Waals surface area (Å²) < 4.78 is 6.83. The van der Waals surface area contributed by atoms with E-state index in [4.69, 9.17) is 4.74 Å². The number of aliphatic hydroxyl groups excluding tert-OH is 1. The van der Waals surface area contributed by atoms with Gasteiger partial charge in [0.1, 0.15) is 11.5 Å². The van der Waals surface area contributed by atoms with Crippen LogP contribution in [-0.2, 0) is 4.74 Å². The SMILES string of the molecule is Cc1cc(C(C)O)c2nc(N3CCOCC3)cc(=O)n2c1. The Morgan fingerprint density at radius 2 is 2.05 bits per heavy atom. The van der Waals surface area contributed by atoms with Crippen molar-refractivity contribution in [3.8, 4) is 0 Å². The van der Waals surface area contributed by atoms with Crippen LogP contribution in [0.25, 0.3) is 5.65 Å². The summed E-state index contributed by atoms with van der Waals surface area (Å²) in [7, 11) is 0. The highest BCUT2D eigenvalue weighted by Crippen LogP contribution is 2.20. The van der Waals surface area contributed by atoms with E-state index in [2.05, 4.69) is 4.98 Å². The summed E-state index contributed by atoms with van der Waals surface area (Å²) >= 11 is 0. The monoisotopic (exact) mass is 289 g/mol. The summed E-state index contributed by atoms with van der Waals surface area (Å²) in [6, 6.07) is 3.42. The second kappa shape index (κ2) is 5.46. The normalized spacial score (nSPS) is 17.2. The molecule has 0 saturated carbocycles. The van der Waals surface area contributed by atoms with Crippen molar-refractivity contribution in [2.45, 2.75) is 20.0 Å². The van der Waals surface area contributed by atoms with Crippen LogP contribution in [0.5, 0.6) is 0 Å². The highest BCUT2D eigenvalue weighted by molar-refractivity contribution is 5.55. The average Bonchev–Trinajstić information content (AvgIpc) is 2.48. The number of morpholine rings is 1. The first-order chi connectivity index (χ1) is 10.1. The highest BCUT2D eigenvalue weighted by Gasteiger charge is 2.17. The van der Waals surface area contributed by atoms with E-state index >= 15 is 0 Å². The minimum atomic E-state index is -0.674. The molecule has 0 aliphatic carbocycles. The van der Waals surface area contributed by atoms with Crippen molar-refractivity contribution >= 4 is 11.5 Å². The van der Waals surface area contributed by atoms with Crippen molar-refractivity contribution in [1.29, 1.82) is 0 Å². The van der Waals surface area contributed by atoms with Gasteiger partial charge in [0, 0.05) is 30.9 Å². The number of aromatic nitrogens is 2. The number of hydrogen-bond donors (Lipinski definition) is 1. The van der Waals surface area contributed by atoms with E-state index in [-0.39, 0.29) is 5.56 Å². The lowest BCUT2D eigenvalue weighted by Crippen LogP contribution is -2.37. The zero-order valence-electron chi connectivity index (χ0n) is 12.2. The van der Waals surface area contributed by atoms with E-state index in [9.17, 15) is 9.90 Å². The van der Waals surface area contributed by atoms with Crippen LogP contribution < -0.4 is 10.5 Å². The van der Waals surface area contributed by atoms with Crippen LogP contribution in [0.1, 0.15) is 24.2 Å². The van der Waals surface area contributed by atoms with Gasteiger partial charge in [-0.05, 0) is 25.5 Å². The van der Waals surface area contributed by atoms with E-state index in [1.165, 1.54) is 4.40 Å². The third kappa shape index (κ3) is 2.64. The van der Waals surface area contributed by atoms with Gasteiger partial charge in [0.2, 0.25) is 0 Å². The number of rotatable bonds is 2. The van der Waals surface area contributed by atoms with Gasteiger partial charge in [0.25, 0.3) is 5.56 Å². The Bertz CT molecular complexity index is 718. The summed E-state index contributed by atoms with van der Waals surface area (Å²) in [6.45, 7) is 6.30. The Labute approximate surface area is 122 Å². The molecule has 3 rings (SSSR count). The first-order valence-electron chi connectivity index (χ1n) is 7.11. The second-order valence-corrected chi connectivity index (χ2v) is 5.39. The van der Waals surface area contributed by atoms with Gasteiger partial charge in [-0.25, -0.2) is 4.98 Å². The van der Waals surface area contributed by atoms with Gasteiger partial charge in [-0.15, -0.1) is 0 Å². The molecule has 0 spiro atoms. The molecule has 6 heteroatoms. The Morgan fingerprint density at radius 3 is 2.71 bits per heavy atom. The minimum Gasteiger partial charge on any atom is -0.389 e. The maximum absolute atomic E-state index is 12.4. The first-order valence-corrected chi connectivity index (χ1v) is 7.11. The molecule has 0 bridgehead atoms. The van der Waals surface area contributed by atoms with Crippen LogP contribution in [0.4, 0.5) is 5.82 Å². The van der Waals surface area contributed by atoms with Crippen molar-refractivity contribution in [2.75, 3.05) is 31.2 Å². The Kier molecular flexibility index (Phi) is 3.65. The number of fused-ring (bicyclic) bond motifs is 1. The lowest BCUT2D eigenvalue weighted by molar-refractivity contribution is 0.122. The molecular weight excluding hydrogens is 270 g/mol. The zero-order chi connectivity index (χ0) is 15.0. The summed E-state index contributed by atoms with van der Waals surface area (Å²) in [5.74, 6) is 0.647. The molecule has 1 unspecified atom stereocenters. The van der Waals surface area contributed by atoms with Crippen LogP contribution in [0.3, 0.4) is 0 Å². The number of aryl methyl sites for hydroxylation is 1. The number of hydrogen-bond acceptors (Lipinski definition) is 5. The molecule has 6 nitrogen and oxygen atoms in total. The minimum absolute atomic E-state index is 0.132. The molecule has 1 aliphatic rings. The summed E-state index contributed by atoms with van der Waals surface area (Å²) in [6.07, 6.45) is 1.08. The third-order valence-electron chi connectivity index (χ3n) is 3.70. The Morgan fingerprint density at radius 1 is 1.33 bits per heavy atom. The third-order valence-corrected chi connectivity index (χ3v) is 3.70. The van der Waals surface area contributed by atoms with E-state index in [0.717, 1.165) is 18.7 Å². The van der Waals surface area contributed by atoms with Gasteiger partial charge in [-0.3, -0.25) is 9.20 Å². The maximum atomic E-state index is 12.4. The molecule has 1 fully saturated rings. The van der Waals surface area contributed by atoms with Crippen molar-refractivity contribution in [3.63, 3.8) is 0 Å². The number of ether oxygens (including phenoxy) is 1. The number of pyridine rings is 1. The quantitative estimate of drug-likeness (QED) is 0.889. The predicted octanol–water partition coefficient (Wildman–Crippen LogP) is 0.893. The van der Waals surface area contributed by atoms with Gasteiger partial charge >= 0.3 is 0 Å². The molecule has 2 aromatic heterocycles. The molecule has 0 radical (unpaired) electrons. The molecule has 1 saturated heterocycles. The lowest BCUT2D eigenvalue weighted by atomic mass is 10.1. The first kappa shape index (κ1) is 14.0. The van der Waals surface area contributed by atoms with Gasteiger partial charge < -0.3 is 14.7 Å². The van der Waals surface area contributed by atoms with Crippen molar-refractivity contribution in [1.82, 2.24) is 9.38 Å². The smallest absolute Gasteiger partial charge is 0.259 e. The molecule has 0 amide bonds. The van der Waals surface area contributed by atoms with Crippen LogP contribution in [0, 0.1) is 6.92 Å². The molecule has 1 atom stereocenters. The zero-order valence-corrected chi connectivity index (χ0v) is 12.2. The molecule has 1 aliphatic heterocycles. The molecule has 112 valence electrons. The maximum Gasteiger partial charge on any atom is 0.259 e. The Balaban J connectivity index is 2.19. The summed E-state index contributed by atoms with van der Waals surface area (Å²) in [4.78, 5) is 19.0. The number of aliphatic hydroxyl groups is 1. The standard InChI is InChI=1S/C15H19N3O3/c1-10-7-12(11(2)19)15-16-13(8-14(20)18(15)9-10)17-3-5-21-6-4-17/h7-9,11,19H,3-6H2,1-2H3. The van der Waals surface area contributed by atoms with E-state index in [1.54, 1.807) is 19.2 Å². The van der Waals surface area contributed by atoms with E-state index in [1.807, 2.05) is 17.9 Å². The highest BCUT2D eigenvalue weighted by atomic mass is 16.5. The van der Waals surface area contributed by atoms with Gasteiger partial charge in [0.05, 0.1) is 19.3 Å². The van der Waals surface area contributed by atoms with Gasteiger partial charge in [-0.2, -0.15) is 0 Å². The van der Waals surface area contributed by atoms with Crippen LogP contribution in [-0.4, -0.2) is 40.8 Å². The largest absolute Gasteiger partial charge is 0.389 e. The van der Waals surface area contributed by atoms with Gasteiger partial charge in [0.15, 0.2) is 0 Å². The topological polar surface area (TPSA) is 67.1 Å². The summed E-state index contributed by atoms with van der Waals surface area (Å²) in [5, 5.41) is 9.95. The van der Waals surface area contributed by atoms with Gasteiger partial charge in [-0.1, -0.05) is 0 Å². The van der Waals surface area contributed by atoms with Crippen LogP contribution in [0.15, 0.2) is 23.1 Å². The summed E-state index contributed by atoms with van der Waals surface area (Å²) in [5.41, 5.74) is 1.97. The number of nitrogens with zero attached hydrogens (tertiary/aromatic N) is 3. The molecule has 21 heavy (non-hydrogen) atoms. The van der Waals surface area contributed by atoms with Crippen molar-refractivity contribution in [3.05, 3.63) is 39.8 Å². The van der Waals surface area contributed by atoms with Crippen LogP contribution >= 0.6 is 0 Å². The van der Waals surface area contributed by atoms with Crippen molar-refractivity contribution in [2.24, 2.45) is 0 Å². The second-order valence-electron chi connectivity index (χ2n) is 5.39. The lowest BCUT2D eigenvalue weighted by Gasteiger charge is -2.28.